The van der Waals surface area contributed by atoms with Crippen molar-refractivity contribution < 1.29 is 34.2 Å². The maximum absolute atomic E-state index is 12.9. The lowest BCUT2D eigenvalue weighted by atomic mass is 10.1. The first-order valence-corrected chi connectivity index (χ1v) is 9.96. The number of nitrogens with zero attached hydrogens (tertiary/aromatic N) is 2. The predicted octanol–water partition coefficient (Wildman–Crippen LogP) is -2.88. The second-order valence-electron chi connectivity index (χ2n) is 7.57. The molecular formula is C18H29N5O7. The highest BCUT2D eigenvalue weighted by atomic mass is 16.4. The van der Waals surface area contributed by atoms with E-state index in [1.54, 1.807) is 0 Å². The largest absolute Gasteiger partial charge is 0.480 e. The van der Waals surface area contributed by atoms with Crippen LogP contribution in [0.3, 0.4) is 0 Å². The lowest BCUT2D eigenvalue weighted by Crippen LogP contribution is -2.57. The molecule has 0 aromatic heterocycles. The Labute approximate surface area is 173 Å². The van der Waals surface area contributed by atoms with E-state index in [4.69, 9.17) is 11.5 Å². The summed E-state index contributed by atoms with van der Waals surface area (Å²) in [6.45, 7) is -0.143. The van der Waals surface area contributed by atoms with Gasteiger partial charge in [-0.05, 0) is 32.1 Å². The highest BCUT2D eigenvalue weighted by Gasteiger charge is 2.43. The van der Waals surface area contributed by atoms with Crippen LogP contribution in [0.2, 0.25) is 0 Å². The SMILES string of the molecule is NC(=O)CCC(N)C(=O)NC(CO)C(=O)N1CCCC1C(=O)N1CCCC1C(=O)O. The first-order valence-electron chi connectivity index (χ1n) is 9.96. The summed E-state index contributed by atoms with van der Waals surface area (Å²) in [7, 11) is 0. The van der Waals surface area contributed by atoms with Gasteiger partial charge in [-0.25, -0.2) is 4.79 Å². The summed E-state index contributed by atoms with van der Waals surface area (Å²) in [6.07, 6.45) is 1.73. The first kappa shape index (κ1) is 23.5. The van der Waals surface area contributed by atoms with Crippen LogP contribution in [-0.2, 0) is 24.0 Å². The Bertz CT molecular complexity index is 700. The predicted molar refractivity (Wildman–Crippen MR) is 103 cm³/mol. The Balaban J connectivity index is 2.03. The minimum Gasteiger partial charge on any atom is -0.480 e. The second-order valence-corrected chi connectivity index (χ2v) is 7.57. The van der Waals surface area contributed by atoms with Crippen LogP contribution < -0.4 is 16.8 Å². The van der Waals surface area contributed by atoms with Crippen LogP contribution in [0.4, 0.5) is 0 Å². The maximum atomic E-state index is 12.9. The van der Waals surface area contributed by atoms with E-state index < -0.39 is 60.4 Å². The molecule has 0 spiro atoms. The molecule has 2 heterocycles. The monoisotopic (exact) mass is 427 g/mol. The number of hydrogen-bond donors (Lipinski definition) is 5. The molecule has 12 nitrogen and oxygen atoms in total. The molecule has 4 amide bonds. The Hall–Kier alpha value is -2.73. The Kier molecular flexibility index (Phi) is 8.12. The third-order valence-electron chi connectivity index (χ3n) is 5.48. The van der Waals surface area contributed by atoms with Gasteiger partial charge in [0.2, 0.25) is 23.6 Å². The Morgan fingerprint density at radius 2 is 1.63 bits per heavy atom. The smallest absolute Gasteiger partial charge is 0.326 e. The topological polar surface area (TPSA) is 196 Å². The molecule has 2 rings (SSSR count). The van der Waals surface area contributed by atoms with Crippen LogP contribution in [0.25, 0.3) is 0 Å². The van der Waals surface area contributed by atoms with Gasteiger partial charge in [-0.15, -0.1) is 0 Å². The van der Waals surface area contributed by atoms with Gasteiger partial charge in [-0.2, -0.15) is 0 Å². The molecule has 2 fully saturated rings. The van der Waals surface area contributed by atoms with Crippen molar-refractivity contribution in [3.05, 3.63) is 0 Å². The van der Waals surface area contributed by atoms with Crippen LogP contribution in [0.15, 0.2) is 0 Å². The van der Waals surface area contributed by atoms with Crippen LogP contribution in [0, 0.1) is 0 Å². The number of carbonyl (C=O) groups is 5. The number of aliphatic hydroxyl groups excluding tert-OH is 1. The highest BCUT2D eigenvalue weighted by molar-refractivity contribution is 5.94. The number of amides is 4. The maximum Gasteiger partial charge on any atom is 0.326 e. The number of carboxylic acid groups (broad SMARTS) is 1. The molecule has 4 unspecified atom stereocenters. The minimum absolute atomic E-state index is 0.0101. The fourth-order valence-electron chi connectivity index (χ4n) is 3.86. The number of aliphatic carboxylic acids is 1. The second kappa shape index (κ2) is 10.3. The van der Waals surface area contributed by atoms with Crippen molar-refractivity contribution in [2.45, 2.75) is 62.7 Å². The fraction of sp³-hybridized carbons (Fsp3) is 0.722. The molecule has 30 heavy (non-hydrogen) atoms. The summed E-state index contributed by atoms with van der Waals surface area (Å²) in [5.41, 5.74) is 10.7. The van der Waals surface area contributed by atoms with Crippen molar-refractivity contribution >= 4 is 29.6 Å². The molecule has 0 radical (unpaired) electrons. The first-order chi connectivity index (χ1) is 14.2. The summed E-state index contributed by atoms with van der Waals surface area (Å²) < 4.78 is 0. The molecule has 12 heteroatoms. The van der Waals surface area contributed by atoms with Gasteiger partial charge in [-0.1, -0.05) is 0 Å². The number of likely N-dealkylation sites (tertiary alicyclic amines) is 2. The van der Waals surface area contributed by atoms with Gasteiger partial charge in [0.05, 0.1) is 12.6 Å². The number of rotatable bonds is 9. The number of carboxylic acids is 1. The van der Waals surface area contributed by atoms with Gasteiger partial charge >= 0.3 is 5.97 Å². The summed E-state index contributed by atoms with van der Waals surface area (Å²) in [4.78, 5) is 62.8. The fourth-order valence-corrected chi connectivity index (χ4v) is 3.86. The zero-order valence-electron chi connectivity index (χ0n) is 16.7. The molecule has 4 atom stereocenters. The standard InChI is InChI=1S/C18H29N5O7/c19-10(5-6-14(20)25)15(26)21-11(9-24)16(27)22-7-1-3-12(22)17(28)23-8-2-4-13(23)18(29)30/h10-13,24H,1-9,19H2,(H2,20,25)(H,21,26)(H,29,30). The molecule has 2 aliphatic rings. The Morgan fingerprint density at radius 3 is 2.20 bits per heavy atom. The van der Waals surface area contributed by atoms with E-state index in [2.05, 4.69) is 5.32 Å². The summed E-state index contributed by atoms with van der Waals surface area (Å²) in [6, 6.07) is -4.14. The average molecular weight is 427 g/mol. The Morgan fingerprint density at radius 1 is 1.03 bits per heavy atom. The van der Waals surface area contributed by atoms with E-state index in [0.717, 1.165) is 0 Å². The van der Waals surface area contributed by atoms with Crippen molar-refractivity contribution in [1.29, 1.82) is 0 Å². The van der Waals surface area contributed by atoms with Gasteiger partial charge in [0.25, 0.3) is 0 Å². The van der Waals surface area contributed by atoms with Crippen LogP contribution in [0.1, 0.15) is 38.5 Å². The van der Waals surface area contributed by atoms with Gasteiger partial charge in [-0.3, -0.25) is 19.2 Å². The molecule has 0 bridgehead atoms. The van der Waals surface area contributed by atoms with Crippen molar-refractivity contribution in [2.24, 2.45) is 11.5 Å². The summed E-state index contributed by atoms with van der Waals surface area (Å²) in [5, 5.41) is 21.3. The average Bonchev–Trinajstić information content (AvgIpc) is 3.38. The van der Waals surface area contributed by atoms with Gasteiger partial charge in [0, 0.05) is 19.5 Å². The van der Waals surface area contributed by atoms with Gasteiger partial charge in [0.1, 0.15) is 18.1 Å². The molecule has 0 aliphatic carbocycles. The van der Waals surface area contributed by atoms with Crippen LogP contribution >= 0.6 is 0 Å². The molecule has 2 aliphatic heterocycles. The molecule has 0 saturated carbocycles. The van der Waals surface area contributed by atoms with Gasteiger partial charge in [0.15, 0.2) is 0 Å². The number of primary amides is 1. The zero-order chi connectivity index (χ0) is 22.4. The lowest BCUT2D eigenvalue weighted by Gasteiger charge is -2.32. The van der Waals surface area contributed by atoms with E-state index in [0.29, 0.717) is 32.2 Å². The number of nitrogens with two attached hydrogens (primary N) is 2. The van der Waals surface area contributed by atoms with E-state index in [1.807, 2.05) is 0 Å². The number of nitrogens with one attached hydrogen (secondary N) is 1. The zero-order valence-corrected chi connectivity index (χ0v) is 16.7. The molecule has 0 aromatic rings. The third-order valence-corrected chi connectivity index (χ3v) is 5.48. The molecular weight excluding hydrogens is 398 g/mol. The number of carbonyl (C=O) groups excluding carboxylic acids is 4. The van der Waals surface area contributed by atoms with Gasteiger partial charge < -0.3 is 36.8 Å². The van der Waals surface area contributed by atoms with Crippen LogP contribution in [-0.4, -0.2) is 93.5 Å². The van der Waals surface area contributed by atoms with Crippen LogP contribution in [0.5, 0.6) is 0 Å². The molecule has 7 N–H and O–H groups in total. The van der Waals surface area contributed by atoms with E-state index in [-0.39, 0.29) is 19.4 Å². The summed E-state index contributed by atoms with van der Waals surface area (Å²) in [5.74, 6) is -3.51. The lowest BCUT2D eigenvalue weighted by molar-refractivity contribution is -0.152. The number of aliphatic hydroxyl groups is 1. The summed E-state index contributed by atoms with van der Waals surface area (Å²) >= 11 is 0. The third kappa shape index (κ3) is 5.45. The van der Waals surface area contributed by atoms with Crippen molar-refractivity contribution in [3.8, 4) is 0 Å². The van der Waals surface area contributed by atoms with Crippen molar-refractivity contribution in [3.63, 3.8) is 0 Å². The van der Waals surface area contributed by atoms with Crippen molar-refractivity contribution in [2.75, 3.05) is 19.7 Å². The quantitative estimate of drug-likeness (QED) is 0.258. The minimum atomic E-state index is -1.31. The normalized spacial score (nSPS) is 23.1. The number of hydrogen-bond acceptors (Lipinski definition) is 7. The van der Waals surface area contributed by atoms with Crippen molar-refractivity contribution in [1.82, 2.24) is 15.1 Å². The van der Waals surface area contributed by atoms with E-state index in [1.165, 1.54) is 9.80 Å². The molecule has 168 valence electrons. The molecule has 2 saturated heterocycles. The van der Waals surface area contributed by atoms with E-state index >= 15 is 0 Å². The molecule has 0 aromatic carbocycles. The highest BCUT2D eigenvalue weighted by Crippen LogP contribution is 2.25. The van der Waals surface area contributed by atoms with E-state index in [9.17, 15) is 34.2 Å².